The molecule has 0 amide bonds. The summed E-state index contributed by atoms with van der Waals surface area (Å²) in [5.74, 6) is -0.631. The predicted octanol–water partition coefficient (Wildman–Crippen LogP) is 0.917. The zero-order valence-corrected chi connectivity index (χ0v) is 14.5. The molecule has 1 aliphatic rings. The number of benzene rings is 1. The number of rotatable bonds is 6. The average Bonchev–Trinajstić information content (AvgIpc) is 2.44. The number of piperidine rings is 1. The van der Waals surface area contributed by atoms with Crippen LogP contribution in [-0.2, 0) is 25.8 Å². The lowest BCUT2D eigenvalue weighted by molar-refractivity contribution is 0.275. The summed E-state index contributed by atoms with van der Waals surface area (Å²) < 4.78 is 63.9. The second-order valence-electron chi connectivity index (χ2n) is 5.84. The van der Waals surface area contributed by atoms with E-state index in [0.29, 0.717) is 31.5 Å². The summed E-state index contributed by atoms with van der Waals surface area (Å²) in [5, 5.41) is 0. The molecule has 1 saturated heterocycles. The molecule has 0 spiro atoms. The maximum atomic E-state index is 13.1. The van der Waals surface area contributed by atoms with Crippen LogP contribution in [0.25, 0.3) is 0 Å². The maximum absolute atomic E-state index is 13.1. The highest BCUT2D eigenvalue weighted by Crippen LogP contribution is 2.19. The third-order valence-electron chi connectivity index (χ3n) is 3.88. The van der Waals surface area contributed by atoms with Crippen LogP contribution in [0, 0.1) is 11.7 Å². The number of halogens is 1. The lowest BCUT2D eigenvalue weighted by atomic mass is 9.99. The lowest BCUT2D eigenvalue weighted by Gasteiger charge is -2.30. The largest absolute Gasteiger partial charge is 0.215 e. The molecule has 130 valence electrons. The Labute approximate surface area is 136 Å². The molecular weight excluding hydrogens is 343 g/mol. The number of sulfonamides is 2. The molecule has 0 unspecified atom stereocenters. The second kappa shape index (κ2) is 7.25. The van der Waals surface area contributed by atoms with Gasteiger partial charge in [-0.25, -0.2) is 30.3 Å². The molecule has 1 N–H and O–H groups in total. The predicted molar refractivity (Wildman–Crippen MR) is 86.2 cm³/mol. The SMILES string of the molecule is CS(=O)(=O)N1CCC(CNS(=O)(=O)Cc2cccc(F)c2)CC1. The molecule has 1 fully saturated rings. The van der Waals surface area contributed by atoms with Gasteiger partial charge in [0, 0.05) is 19.6 Å². The first-order valence-corrected chi connectivity index (χ1v) is 10.8. The first-order valence-electron chi connectivity index (χ1n) is 7.32. The first-order chi connectivity index (χ1) is 10.7. The van der Waals surface area contributed by atoms with E-state index in [4.69, 9.17) is 0 Å². The second-order valence-corrected chi connectivity index (χ2v) is 9.63. The van der Waals surface area contributed by atoms with Gasteiger partial charge in [-0.15, -0.1) is 0 Å². The van der Waals surface area contributed by atoms with Gasteiger partial charge in [-0.1, -0.05) is 12.1 Å². The normalized spacial score (nSPS) is 18.2. The van der Waals surface area contributed by atoms with Gasteiger partial charge in [0.2, 0.25) is 20.0 Å². The van der Waals surface area contributed by atoms with Crippen LogP contribution in [0.5, 0.6) is 0 Å². The fraction of sp³-hybridized carbons (Fsp3) is 0.571. The smallest absolute Gasteiger partial charge is 0.215 e. The Balaban J connectivity index is 1.84. The zero-order valence-electron chi connectivity index (χ0n) is 12.9. The maximum Gasteiger partial charge on any atom is 0.215 e. The van der Waals surface area contributed by atoms with E-state index in [1.165, 1.54) is 28.8 Å². The Kier molecular flexibility index (Phi) is 5.77. The standard InChI is InChI=1S/C14H21FN2O4S2/c1-22(18,19)17-7-5-12(6-8-17)10-16-23(20,21)11-13-3-2-4-14(15)9-13/h2-4,9,12,16H,5-8,10-11H2,1H3. The number of nitrogens with zero attached hydrogens (tertiary/aromatic N) is 1. The van der Waals surface area contributed by atoms with Gasteiger partial charge in [-0.05, 0) is 36.5 Å². The number of hydrogen-bond acceptors (Lipinski definition) is 4. The van der Waals surface area contributed by atoms with Gasteiger partial charge in [-0.3, -0.25) is 0 Å². The molecule has 0 aromatic heterocycles. The summed E-state index contributed by atoms with van der Waals surface area (Å²) in [7, 11) is -6.72. The van der Waals surface area contributed by atoms with Crippen molar-refractivity contribution in [3.63, 3.8) is 0 Å². The van der Waals surface area contributed by atoms with Crippen molar-refractivity contribution in [2.45, 2.75) is 18.6 Å². The Bertz CT molecular complexity index is 742. The monoisotopic (exact) mass is 364 g/mol. The van der Waals surface area contributed by atoms with Crippen LogP contribution in [0.15, 0.2) is 24.3 Å². The lowest BCUT2D eigenvalue weighted by Crippen LogP contribution is -2.41. The van der Waals surface area contributed by atoms with Crippen molar-refractivity contribution in [2.75, 3.05) is 25.9 Å². The molecule has 0 bridgehead atoms. The van der Waals surface area contributed by atoms with Crippen molar-refractivity contribution in [3.8, 4) is 0 Å². The van der Waals surface area contributed by atoms with Crippen molar-refractivity contribution >= 4 is 20.0 Å². The Hall–Kier alpha value is -1.03. The molecular formula is C14H21FN2O4S2. The first kappa shape index (κ1) is 18.3. The van der Waals surface area contributed by atoms with Gasteiger partial charge in [0.1, 0.15) is 5.82 Å². The molecule has 2 rings (SSSR count). The molecule has 23 heavy (non-hydrogen) atoms. The minimum absolute atomic E-state index is 0.107. The van der Waals surface area contributed by atoms with Crippen LogP contribution in [0.1, 0.15) is 18.4 Å². The van der Waals surface area contributed by atoms with Gasteiger partial charge in [-0.2, -0.15) is 0 Å². The van der Waals surface area contributed by atoms with Crippen molar-refractivity contribution < 1.29 is 21.2 Å². The molecule has 6 nitrogen and oxygen atoms in total. The molecule has 0 radical (unpaired) electrons. The summed E-state index contributed by atoms with van der Waals surface area (Å²) >= 11 is 0. The van der Waals surface area contributed by atoms with Gasteiger partial charge >= 0.3 is 0 Å². The Morgan fingerprint density at radius 3 is 2.43 bits per heavy atom. The van der Waals surface area contributed by atoms with E-state index in [9.17, 15) is 21.2 Å². The minimum Gasteiger partial charge on any atom is -0.215 e. The van der Waals surface area contributed by atoms with Crippen LogP contribution in [0.3, 0.4) is 0 Å². The molecule has 9 heteroatoms. The highest BCUT2D eigenvalue weighted by atomic mass is 32.2. The molecule has 1 heterocycles. The van der Waals surface area contributed by atoms with Gasteiger partial charge in [0.25, 0.3) is 0 Å². The third kappa shape index (κ3) is 5.83. The van der Waals surface area contributed by atoms with Crippen LogP contribution in [0.4, 0.5) is 4.39 Å². The fourth-order valence-electron chi connectivity index (χ4n) is 2.59. The van der Waals surface area contributed by atoms with E-state index in [2.05, 4.69) is 4.72 Å². The Morgan fingerprint density at radius 1 is 1.22 bits per heavy atom. The van der Waals surface area contributed by atoms with Crippen molar-refractivity contribution in [2.24, 2.45) is 5.92 Å². The zero-order chi connectivity index (χ0) is 17.1. The van der Waals surface area contributed by atoms with Crippen molar-refractivity contribution in [1.82, 2.24) is 9.03 Å². The summed E-state index contributed by atoms with van der Waals surface area (Å²) in [6.07, 6.45) is 2.42. The topological polar surface area (TPSA) is 83.6 Å². The minimum atomic E-state index is -3.54. The number of hydrogen-bond donors (Lipinski definition) is 1. The fourth-order valence-corrected chi connectivity index (χ4v) is 4.67. The molecule has 1 aromatic carbocycles. The van der Waals surface area contributed by atoms with E-state index in [-0.39, 0.29) is 18.2 Å². The van der Waals surface area contributed by atoms with Gasteiger partial charge in [0.15, 0.2) is 0 Å². The van der Waals surface area contributed by atoms with Crippen LogP contribution < -0.4 is 4.72 Å². The van der Waals surface area contributed by atoms with E-state index in [1.807, 2.05) is 0 Å². The molecule has 0 saturated carbocycles. The Morgan fingerprint density at radius 2 is 1.87 bits per heavy atom. The van der Waals surface area contributed by atoms with Crippen molar-refractivity contribution in [3.05, 3.63) is 35.6 Å². The van der Waals surface area contributed by atoms with Gasteiger partial charge in [0.05, 0.1) is 12.0 Å². The molecule has 1 aliphatic heterocycles. The summed E-state index contributed by atoms with van der Waals surface area (Å²) in [6.45, 7) is 1.10. The summed E-state index contributed by atoms with van der Waals surface area (Å²) in [4.78, 5) is 0. The number of nitrogens with one attached hydrogen (secondary N) is 1. The summed E-state index contributed by atoms with van der Waals surface area (Å²) in [6, 6.07) is 5.50. The van der Waals surface area contributed by atoms with Crippen LogP contribution >= 0.6 is 0 Å². The molecule has 0 aliphatic carbocycles. The van der Waals surface area contributed by atoms with E-state index in [1.54, 1.807) is 6.07 Å². The van der Waals surface area contributed by atoms with E-state index in [0.717, 1.165) is 0 Å². The van der Waals surface area contributed by atoms with E-state index >= 15 is 0 Å². The van der Waals surface area contributed by atoms with E-state index < -0.39 is 25.9 Å². The highest BCUT2D eigenvalue weighted by Gasteiger charge is 2.25. The average molecular weight is 364 g/mol. The summed E-state index contributed by atoms with van der Waals surface area (Å²) in [5.41, 5.74) is 0.393. The quantitative estimate of drug-likeness (QED) is 0.813. The third-order valence-corrected chi connectivity index (χ3v) is 6.50. The van der Waals surface area contributed by atoms with Crippen molar-refractivity contribution in [1.29, 1.82) is 0 Å². The molecule has 0 atom stereocenters. The van der Waals surface area contributed by atoms with Crippen LogP contribution in [-0.4, -0.2) is 47.0 Å². The highest BCUT2D eigenvalue weighted by molar-refractivity contribution is 7.88. The molecule has 1 aromatic rings. The van der Waals surface area contributed by atoms with Crippen LogP contribution in [0.2, 0.25) is 0 Å². The van der Waals surface area contributed by atoms with Gasteiger partial charge < -0.3 is 0 Å².